The van der Waals surface area contributed by atoms with Crippen LogP contribution < -0.4 is 5.43 Å². The van der Waals surface area contributed by atoms with Crippen molar-refractivity contribution in [2.75, 3.05) is 0 Å². The highest BCUT2D eigenvalue weighted by Crippen LogP contribution is 1.99. The fraction of sp³-hybridized carbons (Fsp3) is 0.333. The van der Waals surface area contributed by atoms with Crippen molar-refractivity contribution in [1.82, 2.24) is 5.43 Å². The summed E-state index contributed by atoms with van der Waals surface area (Å²) < 4.78 is 0. The van der Waals surface area contributed by atoms with Gasteiger partial charge >= 0.3 is 0 Å². The second kappa shape index (κ2) is 5.96. The summed E-state index contributed by atoms with van der Waals surface area (Å²) in [4.78, 5) is 11.3. The fourth-order valence-electron chi connectivity index (χ4n) is 1.01. The largest absolute Gasteiger partial charge is 0.273 e. The SMILES string of the molecule is CCC(C)C(=O)N/N=C/c1ccccc1. The molecule has 3 heteroatoms. The van der Waals surface area contributed by atoms with Crippen molar-refractivity contribution < 1.29 is 4.79 Å². The minimum absolute atomic E-state index is 0.0120. The Labute approximate surface area is 90.2 Å². The van der Waals surface area contributed by atoms with E-state index in [0.29, 0.717) is 0 Å². The van der Waals surface area contributed by atoms with Crippen molar-refractivity contribution in [2.24, 2.45) is 11.0 Å². The molecule has 1 amide bonds. The van der Waals surface area contributed by atoms with Crippen LogP contribution in [0.25, 0.3) is 0 Å². The molecule has 0 heterocycles. The highest BCUT2D eigenvalue weighted by molar-refractivity contribution is 5.83. The van der Waals surface area contributed by atoms with Crippen molar-refractivity contribution in [3.05, 3.63) is 35.9 Å². The number of nitrogens with zero attached hydrogens (tertiary/aromatic N) is 1. The first-order chi connectivity index (χ1) is 7.24. The Morgan fingerprint density at radius 1 is 1.47 bits per heavy atom. The quantitative estimate of drug-likeness (QED) is 0.592. The summed E-state index contributed by atoms with van der Waals surface area (Å²) in [5.41, 5.74) is 3.49. The lowest BCUT2D eigenvalue weighted by Gasteiger charge is -2.04. The third kappa shape index (κ3) is 3.94. The summed E-state index contributed by atoms with van der Waals surface area (Å²) in [6, 6.07) is 9.66. The van der Waals surface area contributed by atoms with Gasteiger partial charge in [0.2, 0.25) is 5.91 Å². The predicted octanol–water partition coefficient (Wildman–Crippen LogP) is 2.18. The standard InChI is InChI=1S/C12H16N2O/c1-3-10(2)12(15)14-13-9-11-7-5-4-6-8-11/h4-10H,3H2,1-2H3,(H,14,15)/b13-9+. The van der Waals surface area contributed by atoms with Gasteiger partial charge in [-0.1, -0.05) is 44.2 Å². The Bertz CT molecular complexity index is 333. The van der Waals surface area contributed by atoms with E-state index in [-0.39, 0.29) is 11.8 Å². The van der Waals surface area contributed by atoms with E-state index < -0.39 is 0 Å². The van der Waals surface area contributed by atoms with Crippen molar-refractivity contribution >= 4 is 12.1 Å². The van der Waals surface area contributed by atoms with Crippen LogP contribution in [0, 0.1) is 5.92 Å². The summed E-state index contributed by atoms with van der Waals surface area (Å²) in [6.45, 7) is 3.86. The molecule has 0 aromatic heterocycles. The number of hydrogen-bond donors (Lipinski definition) is 1. The van der Waals surface area contributed by atoms with Crippen LogP contribution in [0.15, 0.2) is 35.4 Å². The molecule has 0 spiro atoms. The maximum absolute atomic E-state index is 11.3. The van der Waals surface area contributed by atoms with Gasteiger partial charge in [0.15, 0.2) is 0 Å². The molecule has 0 aliphatic rings. The molecule has 1 unspecified atom stereocenters. The minimum atomic E-state index is -0.0373. The van der Waals surface area contributed by atoms with E-state index in [4.69, 9.17) is 0 Å². The Morgan fingerprint density at radius 2 is 2.13 bits per heavy atom. The van der Waals surface area contributed by atoms with E-state index >= 15 is 0 Å². The molecule has 0 aliphatic heterocycles. The molecule has 0 bridgehead atoms. The van der Waals surface area contributed by atoms with Crippen LogP contribution in [0.3, 0.4) is 0 Å². The molecule has 1 N–H and O–H groups in total. The number of rotatable bonds is 4. The van der Waals surface area contributed by atoms with Crippen molar-refractivity contribution in [3.63, 3.8) is 0 Å². The average Bonchev–Trinajstić information content (AvgIpc) is 2.29. The van der Waals surface area contributed by atoms with E-state index in [1.165, 1.54) is 0 Å². The third-order valence-electron chi connectivity index (χ3n) is 2.25. The number of benzene rings is 1. The fourth-order valence-corrected chi connectivity index (χ4v) is 1.01. The maximum atomic E-state index is 11.3. The predicted molar refractivity (Wildman–Crippen MR) is 61.6 cm³/mol. The first kappa shape index (κ1) is 11.4. The smallest absolute Gasteiger partial charge is 0.242 e. The van der Waals surface area contributed by atoms with Gasteiger partial charge in [-0.15, -0.1) is 0 Å². The van der Waals surface area contributed by atoms with E-state index in [1.54, 1.807) is 6.21 Å². The second-order valence-electron chi connectivity index (χ2n) is 3.45. The highest BCUT2D eigenvalue weighted by atomic mass is 16.2. The number of carbonyl (C=O) groups excluding carboxylic acids is 1. The van der Waals surface area contributed by atoms with Gasteiger partial charge in [-0.3, -0.25) is 4.79 Å². The molecule has 1 atom stereocenters. The van der Waals surface area contributed by atoms with Gasteiger partial charge in [-0.2, -0.15) is 5.10 Å². The third-order valence-corrected chi connectivity index (χ3v) is 2.25. The lowest BCUT2D eigenvalue weighted by molar-refractivity contribution is -0.124. The van der Waals surface area contributed by atoms with Gasteiger partial charge in [-0.05, 0) is 12.0 Å². The highest BCUT2D eigenvalue weighted by Gasteiger charge is 2.07. The molecule has 0 saturated heterocycles. The summed E-state index contributed by atoms with van der Waals surface area (Å²) in [5.74, 6) is -0.0254. The monoisotopic (exact) mass is 204 g/mol. The molecule has 0 radical (unpaired) electrons. The zero-order valence-corrected chi connectivity index (χ0v) is 9.10. The Balaban J connectivity index is 2.44. The van der Waals surface area contributed by atoms with Crippen LogP contribution >= 0.6 is 0 Å². The number of amides is 1. The summed E-state index contributed by atoms with van der Waals surface area (Å²) in [6.07, 6.45) is 2.47. The molecule has 80 valence electrons. The number of hydrazone groups is 1. The molecule has 0 fully saturated rings. The zero-order valence-electron chi connectivity index (χ0n) is 9.10. The van der Waals surface area contributed by atoms with E-state index in [2.05, 4.69) is 10.5 Å². The van der Waals surface area contributed by atoms with Gasteiger partial charge in [0.25, 0.3) is 0 Å². The maximum Gasteiger partial charge on any atom is 0.242 e. The molecular weight excluding hydrogens is 188 g/mol. The lowest BCUT2D eigenvalue weighted by atomic mass is 10.1. The summed E-state index contributed by atoms with van der Waals surface area (Å²) in [7, 11) is 0. The Morgan fingerprint density at radius 3 is 2.73 bits per heavy atom. The van der Waals surface area contributed by atoms with Crippen molar-refractivity contribution in [3.8, 4) is 0 Å². The van der Waals surface area contributed by atoms with Gasteiger partial charge in [0, 0.05) is 5.92 Å². The van der Waals surface area contributed by atoms with E-state index in [1.807, 2.05) is 44.2 Å². The molecule has 1 rings (SSSR count). The van der Waals surface area contributed by atoms with Gasteiger partial charge in [0.1, 0.15) is 0 Å². The van der Waals surface area contributed by atoms with Gasteiger partial charge in [0.05, 0.1) is 6.21 Å². The van der Waals surface area contributed by atoms with Crippen LogP contribution in [0.5, 0.6) is 0 Å². The van der Waals surface area contributed by atoms with Gasteiger partial charge < -0.3 is 0 Å². The molecule has 1 aromatic rings. The van der Waals surface area contributed by atoms with Crippen molar-refractivity contribution in [2.45, 2.75) is 20.3 Å². The van der Waals surface area contributed by atoms with E-state index in [9.17, 15) is 4.79 Å². The second-order valence-corrected chi connectivity index (χ2v) is 3.45. The first-order valence-electron chi connectivity index (χ1n) is 5.12. The molecule has 1 aromatic carbocycles. The molecule has 3 nitrogen and oxygen atoms in total. The number of carbonyl (C=O) groups is 1. The Kier molecular flexibility index (Phi) is 4.54. The summed E-state index contributed by atoms with van der Waals surface area (Å²) >= 11 is 0. The first-order valence-corrected chi connectivity index (χ1v) is 5.12. The molecule has 0 aliphatic carbocycles. The van der Waals surface area contributed by atoms with Crippen molar-refractivity contribution in [1.29, 1.82) is 0 Å². The summed E-state index contributed by atoms with van der Waals surface area (Å²) in [5, 5.41) is 3.89. The average molecular weight is 204 g/mol. The Hall–Kier alpha value is -1.64. The normalized spacial score (nSPS) is 12.7. The van der Waals surface area contributed by atoms with Gasteiger partial charge in [-0.25, -0.2) is 5.43 Å². The molecule has 15 heavy (non-hydrogen) atoms. The van der Waals surface area contributed by atoms with Crippen LogP contribution in [0.4, 0.5) is 0 Å². The molecule has 0 saturated carbocycles. The lowest BCUT2D eigenvalue weighted by Crippen LogP contribution is -2.24. The van der Waals surface area contributed by atoms with Crippen LogP contribution in [-0.4, -0.2) is 12.1 Å². The minimum Gasteiger partial charge on any atom is -0.273 e. The number of hydrogen-bond acceptors (Lipinski definition) is 2. The van der Waals surface area contributed by atoms with Crippen LogP contribution in [-0.2, 0) is 4.79 Å². The zero-order chi connectivity index (χ0) is 11.1. The van der Waals surface area contributed by atoms with Crippen LogP contribution in [0.1, 0.15) is 25.8 Å². The van der Waals surface area contributed by atoms with E-state index in [0.717, 1.165) is 12.0 Å². The number of nitrogens with one attached hydrogen (secondary N) is 1. The topological polar surface area (TPSA) is 41.5 Å². The van der Waals surface area contributed by atoms with Crippen LogP contribution in [0.2, 0.25) is 0 Å². The molecular formula is C12H16N2O.